The normalized spacial score (nSPS) is 10.9. The molecule has 0 saturated heterocycles. The molecule has 0 unspecified atom stereocenters. The molecule has 0 radical (unpaired) electrons. The summed E-state index contributed by atoms with van der Waals surface area (Å²) in [7, 11) is 1.65. The number of thiazole rings is 1. The quantitative estimate of drug-likeness (QED) is 0.342. The SMILES string of the molecule is Br.C=CCn1c(-c2ccc(OC)cc2)c(C)sc1=NNC(=O)c1ccc(Br)cc1. The molecule has 0 saturated carbocycles. The van der Waals surface area contributed by atoms with Gasteiger partial charge in [-0.1, -0.05) is 33.3 Å². The summed E-state index contributed by atoms with van der Waals surface area (Å²) in [5.41, 5.74) is 5.30. The van der Waals surface area contributed by atoms with Crippen molar-refractivity contribution in [2.45, 2.75) is 13.5 Å². The smallest absolute Gasteiger partial charge is 0.271 e. The van der Waals surface area contributed by atoms with Crippen LogP contribution in [-0.4, -0.2) is 17.6 Å². The lowest BCUT2D eigenvalue weighted by Gasteiger charge is -2.09. The van der Waals surface area contributed by atoms with Crippen molar-refractivity contribution in [3.63, 3.8) is 0 Å². The number of benzene rings is 2. The van der Waals surface area contributed by atoms with Crippen molar-refractivity contribution < 1.29 is 9.53 Å². The van der Waals surface area contributed by atoms with Gasteiger partial charge in [-0.3, -0.25) is 4.79 Å². The lowest BCUT2D eigenvalue weighted by Crippen LogP contribution is -2.24. The Hall–Kier alpha value is -2.16. The average Bonchev–Trinajstić information content (AvgIpc) is 3.02. The number of carbonyl (C=O) groups is 1. The number of halogens is 2. The summed E-state index contributed by atoms with van der Waals surface area (Å²) in [4.78, 5) is 14.2. The molecule has 8 heteroatoms. The molecule has 0 aliphatic carbocycles. The first-order valence-corrected chi connectivity index (χ1v) is 10.2. The predicted molar refractivity (Wildman–Crippen MR) is 127 cm³/mol. The third-order valence-electron chi connectivity index (χ3n) is 4.11. The summed E-state index contributed by atoms with van der Waals surface area (Å²) < 4.78 is 8.20. The van der Waals surface area contributed by atoms with E-state index in [1.807, 2.05) is 54.0 Å². The van der Waals surface area contributed by atoms with Crippen molar-refractivity contribution in [3.05, 3.63) is 80.9 Å². The van der Waals surface area contributed by atoms with Crippen LogP contribution in [0.3, 0.4) is 0 Å². The third kappa shape index (κ3) is 5.46. The molecule has 152 valence electrons. The van der Waals surface area contributed by atoms with Crippen LogP contribution >= 0.6 is 44.2 Å². The molecule has 2 aromatic carbocycles. The second-order valence-electron chi connectivity index (χ2n) is 5.98. The zero-order valence-electron chi connectivity index (χ0n) is 16.0. The van der Waals surface area contributed by atoms with Crippen LogP contribution in [0.25, 0.3) is 11.3 Å². The summed E-state index contributed by atoms with van der Waals surface area (Å²) in [6.07, 6.45) is 1.81. The fourth-order valence-corrected chi connectivity index (χ4v) is 4.01. The molecule has 0 spiro atoms. The molecule has 1 N–H and O–H groups in total. The van der Waals surface area contributed by atoms with Gasteiger partial charge < -0.3 is 9.30 Å². The Morgan fingerprint density at radius 1 is 1.24 bits per heavy atom. The molecule has 0 fully saturated rings. The van der Waals surface area contributed by atoms with Gasteiger partial charge in [0.1, 0.15) is 5.75 Å². The van der Waals surface area contributed by atoms with Crippen LogP contribution in [0.15, 0.2) is 70.8 Å². The van der Waals surface area contributed by atoms with Crippen LogP contribution in [-0.2, 0) is 6.54 Å². The van der Waals surface area contributed by atoms with Crippen LogP contribution < -0.4 is 15.0 Å². The van der Waals surface area contributed by atoms with Gasteiger partial charge in [-0.05, 0) is 61.0 Å². The van der Waals surface area contributed by atoms with E-state index >= 15 is 0 Å². The molecule has 0 bridgehead atoms. The molecule has 29 heavy (non-hydrogen) atoms. The summed E-state index contributed by atoms with van der Waals surface area (Å²) in [5, 5.41) is 4.36. The van der Waals surface area contributed by atoms with Crippen molar-refractivity contribution >= 4 is 50.2 Å². The number of aryl methyl sites for hydroxylation is 1. The minimum atomic E-state index is -0.255. The number of ether oxygens (including phenoxy) is 1. The number of rotatable bonds is 6. The largest absolute Gasteiger partial charge is 0.497 e. The van der Waals surface area contributed by atoms with E-state index in [9.17, 15) is 4.79 Å². The lowest BCUT2D eigenvalue weighted by molar-refractivity contribution is 0.0953. The van der Waals surface area contributed by atoms with E-state index < -0.39 is 0 Å². The summed E-state index contributed by atoms with van der Waals surface area (Å²) in [6.45, 7) is 6.47. The molecule has 3 rings (SSSR count). The molecule has 0 aliphatic heterocycles. The van der Waals surface area contributed by atoms with Crippen LogP contribution in [0.5, 0.6) is 5.75 Å². The first kappa shape index (κ1) is 23.1. The molecular weight excluding hydrogens is 518 g/mol. The molecular formula is C21H21Br2N3O2S. The number of nitrogens with zero attached hydrogens (tertiary/aromatic N) is 2. The van der Waals surface area contributed by atoms with Gasteiger partial charge in [-0.2, -0.15) is 0 Å². The zero-order valence-corrected chi connectivity index (χ0v) is 20.1. The summed E-state index contributed by atoms with van der Waals surface area (Å²) in [6, 6.07) is 15.0. The number of aromatic nitrogens is 1. The predicted octanol–water partition coefficient (Wildman–Crippen LogP) is 5.31. The maximum Gasteiger partial charge on any atom is 0.271 e. The first-order chi connectivity index (χ1) is 13.5. The molecule has 5 nitrogen and oxygen atoms in total. The van der Waals surface area contributed by atoms with Crippen molar-refractivity contribution in [1.29, 1.82) is 0 Å². The van der Waals surface area contributed by atoms with E-state index in [4.69, 9.17) is 4.74 Å². The first-order valence-electron chi connectivity index (χ1n) is 8.58. The Morgan fingerprint density at radius 3 is 2.48 bits per heavy atom. The van der Waals surface area contributed by atoms with Gasteiger partial charge >= 0.3 is 0 Å². The monoisotopic (exact) mass is 537 g/mol. The molecule has 1 aromatic heterocycles. The standard InChI is InChI=1S/C21H20BrN3O2S.BrH/c1-4-13-25-19(15-7-11-18(27-3)12-8-15)14(2)28-21(25)24-23-20(26)16-5-9-17(22)10-6-16;/h4-12H,1,13H2,2-3H3,(H,23,26);1H. The number of amides is 1. The van der Waals surface area contributed by atoms with Gasteiger partial charge in [0.15, 0.2) is 0 Å². The average molecular weight is 539 g/mol. The number of hydrogen-bond acceptors (Lipinski definition) is 4. The Labute approximate surface area is 192 Å². The molecule has 0 aliphatic rings. The maximum absolute atomic E-state index is 12.4. The van der Waals surface area contributed by atoms with E-state index in [0.717, 1.165) is 26.4 Å². The number of methoxy groups -OCH3 is 1. The summed E-state index contributed by atoms with van der Waals surface area (Å²) in [5.74, 6) is 0.549. The zero-order chi connectivity index (χ0) is 20.1. The van der Waals surface area contributed by atoms with Crippen LogP contribution in [0, 0.1) is 6.92 Å². The van der Waals surface area contributed by atoms with Crippen molar-refractivity contribution in [3.8, 4) is 17.0 Å². The minimum absolute atomic E-state index is 0. The molecule has 1 amide bonds. The highest BCUT2D eigenvalue weighted by molar-refractivity contribution is 9.10. The van der Waals surface area contributed by atoms with Crippen LogP contribution in [0.1, 0.15) is 15.2 Å². The lowest BCUT2D eigenvalue weighted by atomic mass is 10.1. The Kier molecular flexibility index (Phi) is 8.43. The maximum atomic E-state index is 12.4. The van der Waals surface area contributed by atoms with Gasteiger partial charge in [0, 0.05) is 21.5 Å². The van der Waals surface area contributed by atoms with Crippen molar-refractivity contribution in [2.24, 2.45) is 5.10 Å². The highest BCUT2D eigenvalue weighted by atomic mass is 79.9. The Balaban J connectivity index is 0.00000300. The van der Waals surface area contributed by atoms with Gasteiger partial charge in [-0.25, -0.2) is 5.43 Å². The van der Waals surface area contributed by atoms with Crippen molar-refractivity contribution in [1.82, 2.24) is 9.99 Å². The van der Waals surface area contributed by atoms with E-state index in [-0.39, 0.29) is 22.9 Å². The van der Waals surface area contributed by atoms with Gasteiger partial charge in [0.2, 0.25) is 4.80 Å². The Morgan fingerprint density at radius 2 is 1.90 bits per heavy atom. The highest BCUT2D eigenvalue weighted by Crippen LogP contribution is 2.27. The topological polar surface area (TPSA) is 55.6 Å². The number of hydrogen-bond donors (Lipinski definition) is 1. The minimum Gasteiger partial charge on any atom is -0.497 e. The van der Waals surface area contributed by atoms with E-state index in [0.29, 0.717) is 16.9 Å². The van der Waals surface area contributed by atoms with E-state index in [1.54, 1.807) is 19.2 Å². The molecule has 0 atom stereocenters. The van der Waals surface area contributed by atoms with Crippen LogP contribution in [0.2, 0.25) is 0 Å². The number of carbonyl (C=O) groups excluding carboxylic acids is 1. The number of nitrogens with one attached hydrogen (secondary N) is 1. The molecule has 3 aromatic rings. The highest BCUT2D eigenvalue weighted by Gasteiger charge is 2.13. The number of allylic oxidation sites excluding steroid dienone is 1. The second-order valence-corrected chi connectivity index (χ2v) is 8.07. The molecule has 1 heterocycles. The third-order valence-corrected chi connectivity index (χ3v) is 5.64. The van der Waals surface area contributed by atoms with Gasteiger partial charge in [0.25, 0.3) is 5.91 Å². The Bertz CT molecular complexity index is 1060. The van der Waals surface area contributed by atoms with E-state index in [1.165, 1.54) is 11.3 Å². The van der Waals surface area contributed by atoms with E-state index in [2.05, 4.69) is 33.0 Å². The van der Waals surface area contributed by atoms with Gasteiger partial charge in [0.05, 0.1) is 12.8 Å². The van der Waals surface area contributed by atoms with Crippen molar-refractivity contribution in [2.75, 3.05) is 7.11 Å². The second kappa shape index (κ2) is 10.6. The fourth-order valence-electron chi connectivity index (χ4n) is 2.78. The van der Waals surface area contributed by atoms with Gasteiger partial charge in [-0.15, -0.1) is 28.7 Å². The van der Waals surface area contributed by atoms with Crippen LogP contribution in [0.4, 0.5) is 0 Å². The summed E-state index contributed by atoms with van der Waals surface area (Å²) >= 11 is 4.89. The fraction of sp³-hybridized carbons (Fsp3) is 0.143.